The first-order valence-electron chi connectivity index (χ1n) is 14.8. The highest BCUT2D eigenvalue weighted by Crippen LogP contribution is 2.25. The fraction of sp³-hybridized carbons (Fsp3) is 0.613. The van der Waals surface area contributed by atoms with Gasteiger partial charge in [-0.3, -0.25) is 9.78 Å². The number of hydrogen-bond donors (Lipinski definition) is 4. The largest absolute Gasteiger partial charge is 0.351 e. The first-order chi connectivity index (χ1) is 18.7. The number of carbonyl (C=O) groups is 1. The molecule has 0 bridgehead atoms. The lowest BCUT2D eigenvalue weighted by molar-refractivity contribution is -0.122. The molecular formula is C31H48N6O. The first-order valence-corrected chi connectivity index (χ1v) is 14.8. The van der Waals surface area contributed by atoms with Gasteiger partial charge in [0.2, 0.25) is 5.91 Å². The van der Waals surface area contributed by atoms with Crippen LogP contribution in [0, 0.1) is 0 Å². The molecule has 7 nitrogen and oxygen atoms in total. The van der Waals surface area contributed by atoms with E-state index in [1.54, 1.807) is 6.20 Å². The Kier molecular flexibility index (Phi) is 12.0. The molecule has 7 heteroatoms. The summed E-state index contributed by atoms with van der Waals surface area (Å²) in [5.41, 5.74) is 3.31. The number of likely N-dealkylation sites (tertiary alicyclic amines) is 1. The average Bonchev–Trinajstić information content (AvgIpc) is 2.98. The Balaban J connectivity index is 1.02. The van der Waals surface area contributed by atoms with Gasteiger partial charge >= 0.3 is 0 Å². The molecule has 0 unspecified atom stereocenters. The molecule has 2 aromatic rings. The normalized spacial score (nSPS) is 18.3. The number of rotatable bonds is 14. The molecule has 1 saturated carbocycles. The van der Waals surface area contributed by atoms with Crippen LogP contribution in [-0.2, 0) is 24.4 Å². The van der Waals surface area contributed by atoms with Crippen LogP contribution in [0.3, 0.4) is 0 Å². The number of aromatic nitrogens is 1. The summed E-state index contributed by atoms with van der Waals surface area (Å²) in [6, 6.07) is 15.6. The molecule has 0 radical (unpaired) electrons. The Bertz CT molecular complexity index is 923. The standard InChI is InChI=1S/C31H48N6O/c1-25(35-24-29-8-5-6-18-34-29)31(38)36-23-27-13-11-26(12-14-27)22-32-17-7-19-33-28-15-20-37(21-16-28)30-9-3-2-4-10-30/h5-6,8,11-14,18,25,28,30,32-33,35H,2-4,7,9-10,15-17,19-24H2,1H3,(H,36,38)/t25-/m0/s1. The van der Waals surface area contributed by atoms with E-state index in [1.807, 2.05) is 25.1 Å². The maximum Gasteiger partial charge on any atom is 0.237 e. The molecular weight excluding hydrogens is 472 g/mol. The molecule has 1 aromatic heterocycles. The van der Waals surface area contributed by atoms with Crippen molar-refractivity contribution < 1.29 is 4.79 Å². The molecule has 2 heterocycles. The molecule has 4 rings (SSSR count). The van der Waals surface area contributed by atoms with Crippen molar-refractivity contribution in [3.8, 4) is 0 Å². The summed E-state index contributed by atoms with van der Waals surface area (Å²) in [6.07, 6.45) is 12.7. The summed E-state index contributed by atoms with van der Waals surface area (Å²) < 4.78 is 0. The Labute approximate surface area is 229 Å². The minimum absolute atomic E-state index is 0.00458. The van der Waals surface area contributed by atoms with Crippen molar-refractivity contribution in [2.45, 2.75) is 96.1 Å². The minimum atomic E-state index is -0.274. The van der Waals surface area contributed by atoms with Crippen molar-refractivity contribution >= 4 is 5.91 Å². The molecule has 1 atom stereocenters. The van der Waals surface area contributed by atoms with E-state index in [2.05, 4.69) is 55.4 Å². The number of piperidine rings is 1. The van der Waals surface area contributed by atoms with E-state index >= 15 is 0 Å². The number of hydrogen-bond acceptors (Lipinski definition) is 6. The summed E-state index contributed by atoms with van der Waals surface area (Å²) in [5, 5.41) is 13.6. The summed E-state index contributed by atoms with van der Waals surface area (Å²) in [5.74, 6) is -0.00458. The maximum atomic E-state index is 12.4. The summed E-state index contributed by atoms with van der Waals surface area (Å²) >= 11 is 0. The van der Waals surface area contributed by atoms with Crippen LogP contribution in [0.4, 0.5) is 0 Å². The van der Waals surface area contributed by atoms with Crippen molar-refractivity contribution in [3.63, 3.8) is 0 Å². The van der Waals surface area contributed by atoms with Crippen molar-refractivity contribution in [1.29, 1.82) is 0 Å². The number of benzene rings is 1. The summed E-state index contributed by atoms with van der Waals surface area (Å²) in [6.45, 7) is 8.54. The second-order valence-corrected chi connectivity index (χ2v) is 11.0. The predicted octanol–water partition coefficient (Wildman–Crippen LogP) is 3.74. The van der Waals surface area contributed by atoms with E-state index in [0.717, 1.165) is 43.4 Å². The van der Waals surface area contributed by atoms with Gasteiger partial charge < -0.3 is 26.2 Å². The van der Waals surface area contributed by atoms with Crippen LogP contribution in [0.1, 0.15) is 75.1 Å². The van der Waals surface area contributed by atoms with Gasteiger partial charge in [0, 0.05) is 37.9 Å². The van der Waals surface area contributed by atoms with E-state index in [4.69, 9.17) is 0 Å². The van der Waals surface area contributed by atoms with Crippen molar-refractivity contribution in [2.24, 2.45) is 0 Å². The zero-order valence-corrected chi connectivity index (χ0v) is 23.3. The summed E-state index contributed by atoms with van der Waals surface area (Å²) in [4.78, 5) is 19.4. The van der Waals surface area contributed by atoms with Crippen LogP contribution in [0.5, 0.6) is 0 Å². The molecule has 2 aliphatic rings. The number of nitrogens with zero attached hydrogens (tertiary/aromatic N) is 2. The topological polar surface area (TPSA) is 81.3 Å². The fourth-order valence-corrected chi connectivity index (χ4v) is 5.64. The van der Waals surface area contributed by atoms with Gasteiger partial charge in [0.1, 0.15) is 0 Å². The van der Waals surface area contributed by atoms with Crippen LogP contribution in [0.15, 0.2) is 48.7 Å². The van der Waals surface area contributed by atoms with E-state index in [-0.39, 0.29) is 11.9 Å². The lowest BCUT2D eigenvalue weighted by Crippen LogP contribution is -2.47. The highest BCUT2D eigenvalue weighted by molar-refractivity contribution is 5.81. The van der Waals surface area contributed by atoms with Crippen LogP contribution < -0.4 is 21.3 Å². The molecule has 1 aliphatic carbocycles. The Hall–Kier alpha value is -2.32. The van der Waals surface area contributed by atoms with Gasteiger partial charge in [-0.1, -0.05) is 49.6 Å². The van der Waals surface area contributed by atoms with Crippen LogP contribution in [-0.4, -0.2) is 60.1 Å². The van der Waals surface area contributed by atoms with Gasteiger partial charge in [0.05, 0.1) is 11.7 Å². The Morgan fingerprint density at radius 3 is 2.37 bits per heavy atom. The van der Waals surface area contributed by atoms with Gasteiger partial charge in [-0.25, -0.2) is 0 Å². The Morgan fingerprint density at radius 1 is 0.921 bits per heavy atom. The van der Waals surface area contributed by atoms with E-state index in [0.29, 0.717) is 19.1 Å². The van der Waals surface area contributed by atoms with Gasteiger partial charge in [-0.15, -0.1) is 0 Å². The van der Waals surface area contributed by atoms with Gasteiger partial charge in [0.25, 0.3) is 0 Å². The van der Waals surface area contributed by atoms with Gasteiger partial charge in [0.15, 0.2) is 0 Å². The number of nitrogens with one attached hydrogen (secondary N) is 4. The lowest BCUT2D eigenvalue weighted by atomic mass is 9.92. The van der Waals surface area contributed by atoms with Crippen molar-refractivity contribution in [3.05, 3.63) is 65.5 Å². The third-order valence-electron chi connectivity index (χ3n) is 8.11. The summed E-state index contributed by atoms with van der Waals surface area (Å²) in [7, 11) is 0. The van der Waals surface area contributed by atoms with Gasteiger partial charge in [-0.2, -0.15) is 0 Å². The minimum Gasteiger partial charge on any atom is -0.351 e. The molecule has 1 saturated heterocycles. The number of amides is 1. The van der Waals surface area contributed by atoms with Crippen molar-refractivity contribution in [1.82, 2.24) is 31.2 Å². The molecule has 1 amide bonds. The first kappa shape index (κ1) is 28.7. The van der Waals surface area contributed by atoms with E-state index in [9.17, 15) is 4.79 Å². The number of pyridine rings is 1. The zero-order chi connectivity index (χ0) is 26.4. The average molecular weight is 521 g/mol. The molecule has 38 heavy (non-hydrogen) atoms. The Morgan fingerprint density at radius 2 is 1.66 bits per heavy atom. The molecule has 1 aliphatic heterocycles. The zero-order valence-electron chi connectivity index (χ0n) is 23.3. The highest BCUT2D eigenvalue weighted by Gasteiger charge is 2.25. The third kappa shape index (κ3) is 9.77. The van der Waals surface area contributed by atoms with Crippen LogP contribution >= 0.6 is 0 Å². The van der Waals surface area contributed by atoms with E-state index < -0.39 is 0 Å². The fourth-order valence-electron chi connectivity index (χ4n) is 5.64. The molecule has 4 N–H and O–H groups in total. The second-order valence-electron chi connectivity index (χ2n) is 11.0. The molecule has 0 spiro atoms. The van der Waals surface area contributed by atoms with Gasteiger partial charge in [-0.05, 0) is 88.5 Å². The second kappa shape index (κ2) is 15.9. The third-order valence-corrected chi connectivity index (χ3v) is 8.11. The van der Waals surface area contributed by atoms with Crippen LogP contribution in [0.25, 0.3) is 0 Å². The molecule has 208 valence electrons. The van der Waals surface area contributed by atoms with E-state index in [1.165, 1.54) is 63.6 Å². The van der Waals surface area contributed by atoms with Crippen molar-refractivity contribution in [2.75, 3.05) is 26.2 Å². The molecule has 2 fully saturated rings. The molecule has 1 aromatic carbocycles. The smallest absolute Gasteiger partial charge is 0.237 e. The lowest BCUT2D eigenvalue weighted by Gasteiger charge is -2.39. The number of carbonyl (C=O) groups excluding carboxylic acids is 1. The monoisotopic (exact) mass is 520 g/mol. The predicted molar refractivity (Wildman–Crippen MR) is 155 cm³/mol. The quantitative estimate of drug-likeness (QED) is 0.284. The van der Waals surface area contributed by atoms with Crippen LogP contribution in [0.2, 0.25) is 0 Å². The highest BCUT2D eigenvalue weighted by atomic mass is 16.2. The SMILES string of the molecule is C[C@H](NCc1ccccn1)C(=O)NCc1ccc(CNCCCNC2CCN(C3CCCCC3)CC2)cc1. The maximum absolute atomic E-state index is 12.4.